The summed E-state index contributed by atoms with van der Waals surface area (Å²) >= 11 is 7.11. The Labute approximate surface area is 117 Å². The molecule has 1 amide bonds. The summed E-state index contributed by atoms with van der Waals surface area (Å²) in [6, 6.07) is 4.65. The van der Waals surface area contributed by atoms with Gasteiger partial charge < -0.3 is 10.4 Å². The molecule has 0 saturated heterocycles. The molecule has 2 aromatic heterocycles. The van der Waals surface area contributed by atoms with Gasteiger partial charge in [0.2, 0.25) is 0 Å². The van der Waals surface area contributed by atoms with Crippen molar-refractivity contribution in [2.75, 3.05) is 0 Å². The summed E-state index contributed by atoms with van der Waals surface area (Å²) in [4.78, 5) is 26.6. The van der Waals surface area contributed by atoms with Gasteiger partial charge in [-0.3, -0.25) is 4.79 Å². The van der Waals surface area contributed by atoms with Crippen molar-refractivity contribution in [3.8, 4) is 0 Å². The fourth-order valence-corrected chi connectivity index (χ4v) is 2.43. The van der Waals surface area contributed by atoms with Crippen LogP contribution in [0.2, 0.25) is 5.02 Å². The van der Waals surface area contributed by atoms with Crippen molar-refractivity contribution in [3.05, 3.63) is 50.9 Å². The number of halogens is 1. The molecule has 0 aromatic carbocycles. The predicted octanol–water partition coefficient (Wildman–Crippen LogP) is 2.42. The van der Waals surface area contributed by atoms with Crippen LogP contribution in [0.4, 0.5) is 0 Å². The lowest BCUT2D eigenvalue weighted by molar-refractivity contribution is 0.0690. The van der Waals surface area contributed by atoms with E-state index in [9.17, 15) is 9.59 Å². The molecule has 0 aliphatic heterocycles. The zero-order valence-electron chi connectivity index (χ0n) is 9.59. The van der Waals surface area contributed by atoms with Crippen molar-refractivity contribution in [2.45, 2.75) is 6.54 Å². The number of carbonyl (C=O) groups excluding carboxylic acids is 1. The van der Waals surface area contributed by atoms with E-state index < -0.39 is 5.97 Å². The Morgan fingerprint density at radius 1 is 1.37 bits per heavy atom. The largest absolute Gasteiger partial charge is 0.477 e. The fourth-order valence-electron chi connectivity index (χ4n) is 1.37. The Balaban J connectivity index is 1.97. The number of aromatic carboxylic acids is 1. The van der Waals surface area contributed by atoms with Gasteiger partial charge in [0.05, 0.1) is 5.02 Å². The van der Waals surface area contributed by atoms with Crippen LogP contribution in [0.25, 0.3) is 0 Å². The van der Waals surface area contributed by atoms with Gasteiger partial charge >= 0.3 is 5.97 Å². The molecular formula is C12H9ClN2O3S. The molecule has 0 radical (unpaired) electrons. The van der Waals surface area contributed by atoms with Crippen LogP contribution >= 0.6 is 22.9 Å². The lowest BCUT2D eigenvalue weighted by Gasteiger charge is -2.04. The smallest absolute Gasteiger partial charge is 0.354 e. The number of pyridine rings is 1. The minimum Gasteiger partial charge on any atom is -0.477 e. The van der Waals surface area contributed by atoms with Gasteiger partial charge in [0.15, 0.2) is 0 Å². The van der Waals surface area contributed by atoms with Gasteiger partial charge in [0, 0.05) is 12.7 Å². The monoisotopic (exact) mass is 296 g/mol. The lowest BCUT2D eigenvalue weighted by Crippen LogP contribution is -2.22. The number of carboxylic acids is 1. The maximum absolute atomic E-state index is 11.8. The molecule has 98 valence electrons. The summed E-state index contributed by atoms with van der Waals surface area (Å²) in [5.74, 6) is -1.34. The van der Waals surface area contributed by atoms with E-state index in [-0.39, 0.29) is 18.1 Å². The highest BCUT2D eigenvalue weighted by Crippen LogP contribution is 2.21. The molecule has 0 fully saturated rings. The minimum atomic E-state index is -1.08. The molecule has 19 heavy (non-hydrogen) atoms. The van der Waals surface area contributed by atoms with Gasteiger partial charge in [-0.2, -0.15) is 0 Å². The number of carboxylic acid groups (broad SMARTS) is 1. The second kappa shape index (κ2) is 5.81. The zero-order chi connectivity index (χ0) is 13.8. The molecule has 0 aliphatic rings. The lowest BCUT2D eigenvalue weighted by atomic mass is 10.2. The zero-order valence-corrected chi connectivity index (χ0v) is 11.2. The number of rotatable bonds is 4. The first-order chi connectivity index (χ1) is 9.08. The quantitative estimate of drug-likeness (QED) is 0.908. The van der Waals surface area contributed by atoms with Crippen LogP contribution in [0.3, 0.4) is 0 Å². The average Bonchev–Trinajstić information content (AvgIpc) is 2.83. The van der Waals surface area contributed by atoms with E-state index in [1.54, 1.807) is 17.5 Å². The van der Waals surface area contributed by atoms with Crippen molar-refractivity contribution in [1.82, 2.24) is 10.3 Å². The Morgan fingerprint density at radius 3 is 2.68 bits per heavy atom. The third kappa shape index (κ3) is 3.30. The molecule has 0 spiro atoms. The molecule has 0 atom stereocenters. The second-order valence-electron chi connectivity index (χ2n) is 3.64. The maximum Gasteiger partial charge on any atom is 0.354 e. The van der Waals surface area contributed by atoms with Crippen molar-refractivity contribution in [2.24, 2.45) is 0 Å². The molecule has 2 aromatic rings. The van der Waals surface area contributed by atoms with E-state index in [1.165, 1.54) is 23.6 Å². The molecule has 0 bridgehead atoms. The molecular weight excluding hydrogens is 288 g/mol. The number of hydrogen-bond acceptors (Lipinski definition) is 4. The third-order valence-corrected chi connectivity index (χ3v) is 3.66. The Morgan fingerprint density at radius 2 is 2.16 bits per heavy atom. The van der Waals surface area contributed by atoms with E-state index in [0.29, 0.717) is 15.5 Å². The van der Waals surface area contributed by atoms with E-state index in [1.807, 2.05) is 0 Å². The van der Waals surface area contributed by atoms with Crippen LogP contribution in [0.15, 0.2) is 29.8 Å². The first-order valence-corrected chi connectivity index (χ1v) is 6.53. The van der Waals surface area contributed by atoms with Crippen LogP contribution in [0, 0.1) is 0 Å². The van der Waals surface area contributed by atoms with E-state index in [4.69, 9.17) is 16.7 Å². The predicted molar refractivity (Wildman–Crippen MR) is 71.7 cm³/mol. The summed E-state index contributed by atoms with van der Waals surface area (Å²) in [6.07, 6.45) is 1.42. The summed E-state index contributed by atoms with van der Waals surface area (Å²) < 4.78 is 0. The number of nitrogens with zero attached hydrogens (tertiary/aromatic N) is 1. The van der Waals surface area contributed by atoms with Crippen LogP contribution in [0.1, 0.15) is 25.7 Å². The van der Waals surface area contributed by atoms with Crippen LogP contribution in [-0.4, -0.2) is 22.0 Å². The minimum absolute atomic E-state index is 0.0311. The first-order valence-electron chi connectivity index (χ1n) is 5.27. The highest BCUT2D eigenvalue weighted by atomic mass is 35.5. The Hall–Kier alpha value is -1.92. The van der Waals surface area contributed by atoms with Gasteiger partial charge in [0.1, 0.15) is 10.6 Å². The second-order valence-corrected chi connectivity index (χ2v) is 4.96. The van der Waals surface area contributed by atoms with E-state index in [0.717, 1.165) is 0 Å². The molecule has 2 heterocycles. The molecule has 2 N–H and O–H groups in total. The third-order valence-electron chi connectivity index (χ3n) is 2.32. The van der Waals surface area contributed by atoms with Crippen molar-refractivity contribution < 1.29 is 14.7 Å². The summed E-state index contributed by atoms with van der Waals surface area (Å²) in [6.45, 7) is 0.264. The van der Waals surface area contributed by atoms with Gasteiger partial charge in [-0.15, -0.1) is 11.3 Å². The highest BCUT2D eigenvalue weighted by Gasteiger charge is 2.11. The summed E-state index contributed by atoms with van der Waals surface area (Å²) in [7, 11) is 0. The fraction of sp³-hybridized carbons (Fsp3) is 0.0833. The standard InChI is InChI=1S/C12H9ClN2O3S/c13-8-3-4-19-10(8)11(16)15-6-7-1-2-9(12(17)18)14-5-7/h1-5H,6H2,(H,15,16)(H,17,18). The molecule has 2 rings (SSSR count). The van der Waals surface area contributed by atoms with Crippen LogP contribution < -0.4 is 5.32 Å². The van der Waals surface area contributed by atoms with Crippen LogP contribution in [0.5, 0.6) is 0 Å². The van der Waals surface area contributed by atoms with Crippen molar-refractivity contribution in [3.63, 3.8) is 0 Å². The molecule has 0 aliphatic carbocycles. The van der Waals surface area contributed by atoms with Gasteiger partial charge in [-0.25, -0.2) is 9.78 Å². The number of thiophene rings is 1. The Kier molecular flexibility index (Phi) is 4.13. The SMILES string of the molecule is O=C(O)c1ccc(CNC(=O)c2sccc2Cl)cn1. The normalized spacial score (nSPS) is 10.2. The average molecular weight is 297 g/mol. The number of amides is 1. The van der Waals surface area contributed by atoms with E-state index in [2.05, 4.69) is 10.3 Å². The Bertz CT molecular complexity index is 610. The maximum atomic E-state index is 11.8. The first kappa shape index (κ1) is 13.5. The van der Waals surface area contributed by atoms with Gasteiger partial charge in [-0.1, -0.05) is 17.7 Å². The van der Waals surface area contributed by atoms with Crippen molar-refractivity contribution >= 4 is 34.8 Å². The molecule has 7 heteroatoms. The number of nitrogens with one attached hydrogen (secondary N) is 1. The molecule has 0 unspecified atom stereocenters. The van der Waals surface area contributed by atoms with Crippen molar-refractivity contribution in [1.29, 1.82) is 0 Å². The molecule has 5 nitrogen and oxygen atoms in total. The number of hydrogen-bond donors (Lipinski definition) is 2. The van der Waals surface area contributed by atoms with Crippen LogP contribution in [-0.2, 0) is 6.54 Å². The van der Waals surface area contributed by atoms with E-state index >= 15 is 0 Å². The summed E-state index contributed by atoms with van der Waals surface area (Å²) in [5.41, 5.74) is 0.683. The van der Waals surface area contributed by atoms with Gasteiger partial charge in [0.25, 0.3) is 5.91 Å². The van der Waals surface area contributed by atoms with Gasteiger partial charge in [-0.05, 0) is 23.1 Å². The highest BCUT2D eigenvalue weighted by molar-refractivity contribution is 7.12. The topological polar surface area (TPSA) is 79.3 Å². The molecule has 0 saturated carbocycles. The number of aromatic nitrogens is 1. The number of carbonyl (C=O) groups is 2. The summed E-state index contributed by atoms with van der Waals surface area (Å²) in [5, 5.41) is 13.5.